The van der Waals surface area contributed by atoms with Gasteiger partial charge in [0.15, 0.2) is 0 Å². The van der Waals surface area contributed by atoms with Crippen molar-refractivity contribution >= 4 is 17.7 Å². The molecule has 6 rings (SSSR count). The molecule has 0 unspecified atom stereocenters. The van der Waals surface area contributed by atoms with Crippen molar-refractivity contribution in [2.24, 2.45) is 11.8 Å². The molecule has 2 amide bonds. The highest BCUT2D eigenvalue weighted by Gasteiger charge is 2.33. The van der Waals surface area contributed by atoms with E-state index in [2.05, 4.69) is 75.6 Å². The lowest BCUT2D eigenvalue weighted by molar-refractivity contribution is -0.123. The molecule has 3 aliphatic rings. The van der Waals surface area contributed by atoms with Crippen LogP contribution in [0.25, 0.3) is 11.1 Å². The minimum Gasteiger partial charge on any atom is -0.496 e. The van der Waals surface area contributed by atoms with Crippen molar-refractivity contribution in [2.45, 2.75) is 89.1 Å². The normalized spacial score (nSPS) is 23.5. The first kappa shape index (κ1) is 30.2. The lowest BCUT2D eigenvalue weighted by Crippen LogP contribution is -2.44. The van der Waals surface area contributed by atoms with Crippen molar-refractivity contribution in [1.29, 1.82) is 0 Å². The molecule has 3 aliphatic carbocycles. The fraction of sp³-hybridized carbons (Fsp3) is 0.528. The van der Waals surface area contributed by atoms with E-state index in [-0.39, 0.29) is 17.9 Å². The average molecular weight is 599 g/mol. The Morgan fingerprint density at radius 3 is 2.39 bits per heavy atom. The summed E-state index contributed by atoms with van der Waals surface area (Å²) in [6.45, 7) is 2.85. The first-order valence-electron chi connectivity index (χ1n) is 16.4. The second-order valence-electron chi connectivity index (χ2n) is 13.1. The van der Waals surface area contributed by atoms with Gasteiger partial charge in [0, 0.05) is 36.0 Å². The number of ether oxygens (including phenoxy) is 2. The Labute approximate surface area is 261 Å². The van der Waals surface area contributed by atoms with E-state index in [1.165, 1.54) is 31.1 Å². The summed E-state index contributed by atoms with van der Waals surface area (Å²) in [5.74, 6) is 2.09. The number of nitrogens with zero attached hydrogens (tertiary/aromatic N) is 3. The van der Waals surface area contributed by atoms with E-state index in [0.717, 1.165) is 80.5 Å². The molecule has 2 aromatic carbocycles. The molecular weight excluding hydrogens is 552 g/mol. The van der Waals surface area contributed by atoms with Gasteiger partial charge in [-0.15, -0.1) is 0 Å². The Hall–Kier alpha value is -3.81. The zero-order valence-electron chi connectivity index (χ0n) is 26.3. The molecule has 234 valence electrons. The SMILES string of the molecule is COC(=O)NC1CCC(C(=O)N(CC2CCC(c3ccc(OC)c(C)c3)CC2)c2cccc(-c3cnn(C4CC4)c3)c2)CC1. The molecule has 3 fully saturated rings. The van der Waals surface area contributed by atoms with Crippen LogP contribution in [-0.4, -0.2) is 48.6 Å². The number of alkyl carbamates (subject to hydrolysis) is 1. The molecule has 0 saturated heterocycles. The van der Waals surface area contributed by atoms with E-state index in [1.807, 2.05) is 6.20 Å². The Bertz CT molecular complexity index is 1450. The van der Waals surface area contributed by atoms with Crippen molar-refractivity contribution in [3.63, 3.8) is 0 Å². The summed E-state index contributed by atoms with van der Waals surface area (Å²) in [5.41, 5.74) is 5.73. The van der Waals surface area contributed by atoms with Crippen molar-refractivity contribution in [1.82, 2.24) is 15.1 Å². The van der Waals surface area contributed by atoms with Crippen molar-refractivity contribution in [3.05, 3.63) is 66.0 Å². The molecule has 8 nitrogen and oxygen atoms in total. The van der Waals surface area contributed by atoms with Gasteiger partial charge in [0.2, 0.25) is 5.91 Å². The number of carbonyl (C=O) groups is 2. The summed E-state index contributed by atoms with van der Waals surface area (Å²) in [6.07, 6.45) is 13.6. The third kappa shape index (κ3) is 6.95. The molecule has 8 heteroatoms. The summed E-state index contributed by atoms with van der Waals surface area (Å²) in [6, 6.07) is 15.6. The van der Waals surface area contributed by atoms with Crippen LogP contribution in [0.15, 0.2) is 54.9 Å². The zero-order chi connectivity index (χ0) is 30.6. The predicted molar refractivity (Wildman–Crippen MR) is 172 cm³/mol. The molecule has 0 atom stereocenters. The van der Waals surface area contributed by atoms with Gasteiger partial charge in [0.25, 0.3) is 0 Å². The number of carbonyl (C=O) groups excluding carboxylic acids is 2. The monoisotopic (exact) mass is 598 g/mol. The average Bonchev–Trinajstić information content (AvgIpc) is 3.79. The molecule has 0 bridgehead atoms. The second kappa shape index (κ2) is 13.4. The summed E-state index contributed by atoms with van der Waals surface area (Å²) in [5, 5.41) is 7.52. The van der Waals surface area contributed by atoms with Crippen LogP contribution in [0.1, 0.15) is 87.3 Å². The van der Waals surface area contributed by atoms with E-state index in [1.54, 1.807) is 7.11 Å². The molecule has 1 N–H and O–H groups in total. The molecular formula is C36H46N4O4. The maximum Gasteiger partial charge on any atom is 0.407 e. The molecule has 44 heavy (non-hydrogen) atoms. The molecule has 0 radical (unpaired) electrons. The fourth-order valence-electron chi connectivity index (χ4n) is 7.22. The predicted octanol–water partition coefficient (Wildman–Crippen LogP) is 7.42. The number of amides is 2. The number of nitrogens with one attached hydrogen (secondary N) is 1. The largest absolute Gasteiger partial charge is 0.496 e. The fourth-order valence-corrected chi connectivity index (χ4v) is 7.22. The van der Waals surface area contributed by atoms with Gasteiger partial charge in [-0.3, -0.25) is 9.48 Å². The molecule has 0 aliphatic heterocycles. The molecule has 1 heterocycles. The number of aryl methyl sites for hydroxylation is 1. The van der Waals surface area contributed by atoms with Crippen LogP contribution in [0.2, 0.25) is 0 Å². The summed E-state index contributed by atoms with van der Waals surface area (Å²) < 4.78 is 12.3. The maximum atomic E-state index is 14.3. The maximum absolute atomic E-state index is 14.3. The Morgan fingerprint density at radius 2 is 1.70 bits per heavy atom. The molecule has 3 saturated carbocycles. The third-order valence-electron chi connectivity index (χ3n) is 10.0. The summed E-state index contributed by atoms with van der Waals surface area (Å²) >= 11 is 0. The van der Waals surface area contributed by atoms with E-state index >= 15 is 0 Å². The van der Waals surface area contributed by atoms with Crippen molar-refractivity contribution in [2.75, 3.05) is 25.7 Å². The van der Waals surface area contributed by atoms with Gasteiger partial charge in [-0.2, -0.15) is 5.10 Å². The van der Waals surface area contributed by atoms with Crippen molar-refractivity contribution < 1.29 is 19.1 Å². The highest BCUT2D eigenvalue weighted by atomic mass is 16.5. The molecule has 1 aromatic heterocycles. The standard InChI is InChI=1S/C36H46N4O4/c1-24-19-29(13-18-34(24)43-2)26-9-7-25(8-10-26)22-39(35(41)27-11-14-31(15-12-27)38-36(42)44-3)33-6-4-5-28(20-33)30-21-37-40(23-30)32-16-17-32/h4-6,13,18-21,23,25-27,31-32H,7-12,14-17,22H2,1-3H3,(H,38,42). The lowest BCUT2D eigenvalue weighted by Gasteiger charge is -2.36. The first-order valence-corrected chi connectivity index (χ1v) is 16.4. The number of hydrogen-bond acceptors (Lipinski definition) is 5. The minimum atomic E-state index is -0.399. The smallest absolute Gasteiger partial charge is 0.407 e. The van der Waals surface area contributed by atoms with Gasteiger partial charge in [0.05, 0.1) is 26.5 Å². The molecule has 0 spiro atoms. The minimum absolute atomic E-state index is 0.0504. The van der Waals surface area contributed by atoms with Gasteiger partial charge in [-0.1, -0.05) is 24.3 Å². The zero-order valence-corrected chi connectivity index (χ0v) is 26.3. The third-order valence-corrected chi connectivity index (χ3v) is 10.0. The Balaban J connectivity index is 1.17. The number of hydrogen-bond donors (Lipinski definition) is 1. The van der Waals surface area contributed by atoms with E-state index in [0.29, 0.717) is 17.9 Å². The number of anilines is 1. The van der Waals surface area contributed by atoms with Crippen LogP contribution in [0.3, 0.4) is 0 Å². The topological polar surface area (TPSA) is 85.7 Å². The molecule has 3 aromatic rings. The number of benzene rings is 2. The quantitative estimate of drug-likeness (QED) is 0.277. The van der Waals surface area contributed by atoms with Crippen LogP contribution in [0.5, 0.6) is 5.75 Å². The number of aromatic nitrogens is 2. The number of rotatable bonds is 9. The van der Waals surface area contributed by atoms with Crippen LogP contribution in [-0.2, 0) is 9.53 Å². The van der Waals surface area contributed by atoms with Gasteiger partial charge >= 0.3 is 6.09 Å². The van der Waals surface area contributed by atoms with E-state index in [4.69, 9.17) is 9.47 Å². The van der Waals surface area contributed by atoms with Crippen LogP contribution < -0.4 is 15.0 Å². The van der Waals surface area contributed by atoms with Crippen molar-refractivity contribution in [3.8, 4) is 16.9 Å². The Morgan fingerprint density at radius 1 is 0.932 bits per heavy atom. The van der Waals surface area contributed by atoms with Gasteiger partial charge < -0.3 is 19.7 Å². The first-order chi connectivity index (χ1) is 21.4. The highest BCUT2D eigenvalue weighted by Crippen LogP contribution is 2.39. The van der Waals surface area contributed by atoms with Gasteiger partial charge in [-0.05, 0) is 118 Å². The van der Waals surface area contributed by atoms with Crippen LogP contribution in [0.4, 0.5) is 10.5 Å². The van der Waals surface area contributed by atoms with E-state index in [9.17, 15) is 9.59 Å². The summed E-state index contributed by atoms with van der Waals surface area (Å²) in [7, 11) is 3.11. The van der Waals surface area contributed by atoms with Crippen LogP contribution in [0, 0.1) is 18.8 Å². The number of methoxy groups -OCH3 is 2. The lowest BCUT2D eigenvalue weighted by atomic mass is 9.78. The van der Waals surface area contributed by atoms with Gasteiger partial charge in [-0.25, -0.2) is 4.79 Å². The van der Waals surface area contributed by atoms with Crippen LogP contribution >= 0.6 is 0 Å². The van der Waals surface area contributed by atoms with E-state index < -0.39 is 6.09 Å². The van der Waals surface area contributed by atoms with Gasteiger partial charge in [0.1, 0.15) is 5.75 Å². The highest BCUT2D eigenvalue weighted by molar-refractivity contribution is 5.95. The Kier molecular flexibility index (Phi) is 9.24. The second-order valence-corrected chi connectivity index (χ2v) is 13.1. The summed E-state index contributed by atoms with van der Waals surface area (Å²) in [4.78, 5) is 28.1.